The van der Waals surface area contributed by atoms with Gasteiger partial charge >= 0.3 is 0 Å². The molecule has 0 aliphatic carbocycles. The lowest BCUT2D eigenvalue weighted by Gasteiger charge is -2.29. The first-order chi connectivity index (χ1) is 10.2. The van der Waals surface area contributed by atoms with Crippen LogP contribution in [0, 0.1) is 5.82 Å². The molecule has 2 N–H and O–H groups in total. The fourth-order valence-electron chi connectivity index (χ4n) is 2.63. The van der Waals surface area contributed by atoms with Gasteiger partial charge in [0.15, 0.2) is 0 Å². The molecule has 1 atom stereocenters. The summed E-state index contributed by atoms with van der Waals surface area (Å²) in [5.74, 6) is -0.356. The molecular weight excluding hydrogens is 269 g/mol. The summed E-state index contributed by atoms with van der Waals surface area (Å²) in [5.41, 5.74) is 0.633. The molecule has 1 unspecified atom stereocenters. The number of anilines is 1. The van der Waals surface area contributed by atoms with Crippen LogP contribution in [-0.2, 0) is 4.79 Å². The fraction of sp³-hybridized carbons (Fsp3) is 0.562. The van der Waals surface area contributed by atoms with Crippen molar-refractivity contribution in [1.82, 2.24) is 10.2 Å². The molecule has 1 aromatic carbocycles. The molecule has 116 valence electrons. The minimum atomic E-state index is -0.299. The second-order valence-corrected chi connectivity index (χ2v) is 5.53. The van der Waals surface area contributed by atoms with Crippen LogP contribution < -0.4 is 10.6 Å². The third-order valence-corrected chi connectivity index (χ3v) is 3.83. The summed E-state index contributed by atoms with van der Waals surface area (Å²) in [7, 11) is 0. The van der Waals surface area contributed by atoms with Gasteiger partial charge in [-0.25, -0.2) is 4.39 Å². The van der Waals surface area contributed by atoms with E-state index < -0.39 is 0 Å². The number of carbonyl (C=O) groups is 1. The zero-order chi connectivity index (χ0) is 15.1. The third kappa shape index (κ3) is 5.44. The number of amides is 1. The molecular formula is C16H24FN3O. The normalized spacial score (nSPS) is 18.7. The number of benzene rings is 1. The fourth-order valence-corrected chi connectivity index (χ4v) is 2.63. The molecule has 0 bridgehead atoms. The van der Waals surface area contributed by atoms with E-state index in [0.29, 0.717) is 18.3 Å². The number of hydrogen-bond donors (Lipinski definition) is 2. The van der Waals surface area contributed by atoms with Gasteiger partial charge in [0, 0.05) is 18.3 Å². The van der Waals surface area contributed by atoms with Gasteiger partial charge in [-0.3, -0.25) is 9.69 Å². The average molecular weight is 293 g/mol. The number of piperidine rings is 1. The summed E-state index contributed by atoms with van der Waals surface area (Å²) in [6, 6.07) is 6.33. The van der Waals surface area contributed by atoms with Crippen molar-refractivity contribution in [3.8, 4) is 0 Å². The van der Waals surface area contributed by atoms with Gasteiger partial charge in [-0.15, -0.1) is 0 Å². The number of likely N-dealkylation sites (N-methyl/N-ethyl adjacent to an activating group) is 1. The first kappa shape index (κ1) is 15.9. The van der Waals surface area contributed by atoms with E-state index in [2.05, 4.69) is 22.5 Å². The highest BCUT2D eigenvalue weighted by Crippen LogP contribution is 2.10. The molecule has 0 aromatic heterocycles. The number of hydrogen-bond acceptors (Lipinski definition) is 3. The zero-order valence-electron chi connectivity index (χ0n) is 12.6. The van der Waals surface area contributed by atoms with Crippen molar-refractivity contribution in [2.75, 3.05) is 31.5 Å². The molecule has 2 rings (SSSR count). The predicted molar refractivity (Wildman–Crippen MR) is 82.8 cm³/mol. The Hall–Kier alpha value is -1.46. The number of halogens is 1. The monoisotopic (exact) mass is 293 g/mol. The SMILES string of the molecule is CCN(CC(=O)Nc1ccc(F)cc1)CC1CCCCN1. The Morgan fingerprint density at radius 1 is 1.38 bits per heavy atom. The van der Waals surface area contributed by atoms with E-state index in [4.69, 9.17) is 0 Å². The van der Waals surface area contributed by atoms with Crippen LogP contribution in [0.1, 0.15) is 26.2 Å². The van der Waals surface area contributed by atoms with Crippen LogP contribution in [0.3, 0.4) is 0 Å². The molecule has 1 aliphatic heterocycles. The van der Waals surface area contributed by atoms with Crippen LogP contribution >= 0.6 is 0 Å². The molecule has 0 radical (unpaired) electrons. The maximum absolute atomic E-state index is 12.8. The van der Waals surface area contributed by atoms with E-state index in [9.17, 15) is 9.18 Å². The first-order valence-corrected chi connectivity index (χ1v) is 7.68. The predicted octanol–water partition coefficient (Wildman–Crippen LogP) is 2.23. The van der Waals surface area contributed by atoms with Crippen molar-refractivity contribution in [1.29, 1.82) is 0 Å². The van der Waals surface area contributed by atoms with Crippen LogP contribution in [0.25, 0.3) is 0 Å². The lowest BCUT2D eigenvalue weighted by Crippen LogP contribution is -2.45. The van der Waals surface area contributed by atoms with Crippen LogP contribution in [-0.4, -0.2) is 43.0 Å². The Kier molecular flexibility index (Phi) is 6.14. The molecule has 5 heteroatoms. The first-order valence-electron chi connectivity index (χ1n) is 7.68. The molecule has 1 aromatic rings. The molecule has 1 fully saturated rings. The third-order valence-electron chi connectivity index (χ3n) is 3.83. The van der Waals surface area contributed by atoms with Gasteiger partial charge in [0.2, 0.25) is 5.91 Å². The number of nitrogens with one attached hydrogen (secondary N) is 2. The van der Waals surface area contributed by atoms with Crippen LogP contribution in [0.15, 0.2) is 24.3 Å². The van der Waals surface area contributed by atoms with E-state index in [1.165, 1.54) is 31.4 Å². The lowest BCUT2D eigenvalue weighted by atomic mass is 10.0. The second-order valence-electron chi connectivity index (χ2n) is 5.53. The van der Waals surface area contributed by atoms with Gasteiger partial charge in [-0.2, -0.15) is 0 Å². The summed E-state index contributed by atoms with van der Waals surface area (Å²) >= 11 is 0. The lowest BCUT2D eigenvalue weighted by molar-refractivity contribution is -0.117. The van der Waals surface area contributed by atoms with Gasteiger partial charge in [0.25, 0.3) is 0 Å². The minimum Gasteiger partial charge on any atom is -0.325 e. The Bertz CT molecular complexity index is 443. The van der Waals surface area contributed by atoms with E-state index in [1.54, 1.807) is 12.1 Å². The largest absolute Gasteiger partial charge is 0.325 e. The van der Waals surface area contributed by atoms with Crippen LogP contribution in [0.4, 0.5) is 10.1 Å². The quantitative estimate of drug-likeness (QED) is 0.845. The molecule has 0 spiro atoms. The number of carbonyl (C=O) groups excluding carboxylic acids is 1. The van der Waals surface area contributed by atoms with E-state index in [1.807, 2.05) is 0 Å². The molecule has 21 heavy (non-hydrogen) atoms. The number of nitrogens with zero attached hydrogens (tertiary/aromatic N) is 1. The van der Waals surface area contributed by atoms with Gasteiger partial charge in [-0.1, -0.05) is 13.3 Å². The maximum atomic E-state index is 12.8. The van der Waals surface area contributed by atoms with E-state index in [0.717, 1.165) is 19.6 Å². The molecule has 1 saturated heterocycles. The van der Waals surface area contributed by atoms with Crippen LogP contribution in [0.5, 0.6) is 0 Å². The van der Waals surface area contributed by atoms with Gasteiger partial charge in [0.05, 0.1) is 6.54 Å². The van der Waals surface area contributed by atoms with E-state index >= 15 is 0 Å². The summed E-state index contributed by atoms with van der Waals surface area (Å²) in [6.45, 7) is 5.24. The van der Waals surface area contributed by atoms with Crippen molar-refractivity contribution >= 4 is 11.6 Å². The zero-order valence-corrected chi connectivity index (χ0v) is 12.6. The van der Waals surface area contributed by atoms with E-state index in [-0.39, 0.29) is 11.7 Å². The van der Waals surface area contributed by atoms with Crippen molar-refractivity contribution in [2.45, 2.75) is 32.2 Å². The topological polar surface area (TPSA) is 44.4 Å². The molecule has 0 saturated carbocycles. The summed E-state index contributed by atoms with van der Waals surface area (Å²) in [6.07, 6.45) is 3.68. The second kappa shape index (κ2) is 8.10. The highest BCUT2D eigenvalue weighted by molar-refractivity contribution is 5.92. The molecule has 4 nitrogen and oxygen atoms in total. The summed E-state index contributed by atoms with van der Waals surface area (Å²) in [4.78, 5) is 14.2. The number of rotatable bonds is 6. The Morgan fingerprint density at radius 3 is 2.76 bits per heavy atom. The van der Waals surface area contributed by atoms with Crippen molar-refractivity contribution in [3.05, 3.63) is 30.1 Å². The summed E-state index contributed by atoms with van der Waals surface area (Å²) < 4.78 is 12.8. The van der Waals surface area contributed by atoms with Gasteiger partial charge < -0.3 is 10.6 Å². The smallest absolute Gasteiger partial charge is 0.238 e. The highest BCUT2D eigenvalue weighted by atomic mass is 19.1. The minimum absolute atomic E-state index is 0.0562. The molecule has 1 aliphatic rings. The Morgan fingerprint density at radius 2 is 2.14 bits per heavy atom. The Labute approximate surface area is 125 Å². The van der Waals surface area contributed by atoms with Crippen molar-refractivity contribution in [3.63, 3.8) is 0 Å². The van der Waals surface area contributed by atoms with Crippen LogP contribution in [0.2, 0.25) is 0 Å². The highest BCUT2D eigenvalue weighted by Gasteiger charge is 2.17. The maximum Gasteiger partial charge on any atom is 0.238 e. The molecule has 1 amide bonds. The standard InChI is InChI=1S/C16H24FN3O/c1-2-20(11-15-5-3-4-10-18-15)12-16(21)19-14-8-6-13(17)7-9-14/h6-9,15,18H,2-5,10-12H2,1H3,(H,19,21). The van der Waals surface area contributed by atoms with Gasteiger partial charge in [-0.05, 0) is 50.2 Å². The van der Waals surface area contributed by atoms with Crippen molar-refractivity contribution in [2.24, 2.45) is 0 Å². The van der Waals surface area contributed by atoms with Gasteiger partial charge in [0.1, 0.15) is 5.82 Å². The molecule has 1 heterocycles. The Balaban J connectivity index is 1.79. The van der Waals surface area contributed by atoms with Crippen molar-refractivity contribution < 1.29 is 9.18 Å². The summed E-state index contributed by atoms with van der Waals surface area (Å²) in [5, 5.41) is 6.30. The average Bonchev–Trinajstić information content (AvgIpc) is 2.50.